The number of hydrogen-bond acceptors (Lipinski definition) is 3. The van der Waals surface area contributed by atoms with Crippen LogP contribution in [0.5, 0.6) is 0 Å². The number of nitrogens with zero attached hydrogens (tertiary/aromatic N) is 1. The van der Waals surface area contributed by atoms with Crippen molar-refractivity contribution >= 4 is 11.5 Å². The summed E-state index contributed by atoms with van der Waals surface area (Å²) >= 11 is 0. The molecule has 58 valence electrons. The van der Waals surface area contributed by atoms with Crippen LogP contribution >= 0.6 is 0 Å². The highest BCUT2D eigenvalue weighted by molar-refractivity contribution is 5.98. The van der Waals surface area contributed by atoms with Crippen LogP contribution in [0.2, 0.25) is 0 Å². The Labute approximate surface area is 64.9 Å². The third-order valence-electron chi connectivity index (χ3n) is 1.25. The minimum absolute atomic E-state index is 0.451. The average molecular weight is 150 g/mol. The zero-order valence-electron chi connectivity index (χ0n) is 6.31. The predicted octanol–water partition coefficient (Wildman–Crippen LogP) is 1.35. The van der Waals surface area contributed by atoms with Crippen LogP contribution in [0.25, 0.3) is 0 Å². The normalized spacial score (nSPS) is 9.18. The molecule has 1 rings (SSSR count). The van der Waals surface area contributed by atoms with Gasteiger partial charge in [0.1, 0.15) is 5.69 Å². The average Bonchev–Trinajstić information content (AvgIpc) is 2.36. The van der Waals surface area contributed by atoms with Gasteiger partial charge in [0, 0.05) is 0 Å². The second kappa shape index (κ2) is 3.01. The zero-order valence-corrected chi connectivity index (χ0v) is 6.31. The molecule has 3 N–H and O–H groups in total. The van der Waals surface area contributed by atoms with Crippen LogP contribution in [0.4, 0.5) is 5.82 Å². The molecule has 0 aliphatic carbocycles. The lowest BCUT2D eigenvalue weighted by atomic mass is 10.3. The van der Waals surface area contributed by atoms with Crippen molar-refractivity contribution in [2.45, 2.75) is 6.92 Å². The summed E-state index contributed by atoms with van der Waals surface area (Å²) in [6, 6.07) is 0. The van der Waals surface area contributed by atoms with Crippen molar-refractivity contribution in [3.8, 4) is 0 Å². The van der Waals surface area contributed by atoms with E-state index in [0.717, 1.165) is 0 Å². The van der Waals surface area contributed by atoms with Gasteiger partial charge in [-0.15, -0.1) is 0 Å². The van der Waals surface area contributed by atoms with Crippen molar-refractivity contribution in [2.75, 3.05) is 5.32 Å². The number of hydrogen-bond donors (Lipinski definition) is 3. The summed E-state index contributed by atoms with van der Waals surface area (Å²) < 4.78 is 0. The first-order valence-electron chi connectivity index (χ1n) is 3.22. The molecule has 0 unspecified atom stereocenters. The lowest BCUT2D eigenvalue weighted by Gasteiger charge is -1.97. The van der Waals surface area contributed by atoms with Crippen LogP contribution < -0.4 is 5.32 Å². The lowest BCUT2D eigenvalue weighted by Crippen LogP contribution is -1.98. The van der Waals surface area contributed by atoms with E-state index in [9.17, 15) is 0 Å². The van der Waals surface area contributed by atoms with Crippen LogP contribution in [-0.2, 0) is 0 Å². The van der Waals surface area contributed by atoms with E-state index in [1.807, 2.05) is 0 Å². The molecule has 1 aromatic heterocycles. The molecule has 0 atom stereocenters. The monoisotopic (exact) mass is 150 g/mol. The lowest BCUT2D eigenvalue weighted by molar-refractivity contribution is 1.29. The highest BCUT2D eigenvalue weighted by atomic mass is 15.0. The molecule has 0 amide bonds. The van der Waals surface area contributed by atoms with Crippen LogP contribution in [0.1, 0.15) is 12.6 Å². The van der Waals surface area contributed by atoms with Crippen LogP contribution in [-0.4, -0.2) is 15.7 Å². The SMILES string of the molecule is C=CNc1nc[nH]c1C(C)=N. The van der Waals surface area contributed by atoms with Crippen molar-refractivity contribution in [1.29, 1.82) is 5.41 Å². The fourth-order valence-corrected chi connectivity index (χ4v) is 0.786. The Morgan fingerprint density at radius 1 is 1.91 bits per heavy atom. The van der Waals surface area contributed by atoms with E-state index in [1.54, 1.807) is 13.3 Å². The van der Waals surface area contributed by atoms with Crippen molar-refractivity contribution < 1.29 is 0 Å². The number of aromatic nitrogens is 2. The molecule has 0 aliphatic rings. The Balaban J connectivity index is 2.95. The van der Waals surface area contributed by atoms with Gasteiger partial charge in [0.15, 0.2) is 5.82 Å². The molecule has 0 radical (unpaired) electrons. The first kappa shape index (κ1) is 7.53. The highest BCUT2D eigenvalue weighted by Gasteiger charge is 2.04. The van der Waals surface area contributed by atoms with Gasteiger partial charge in [-0.2, -0.15) is 0 Å². The molecule has 1 aromatic rings. The van der Waals surface area contributed by atoms with E-state index in [2.05, 4.69) is 21.9 Å². The molecule has 1 heterocycles. The summed E-state index contributed by atoms with van der Waals surface area (Å²) in [6.45, 7) is 5.20. The molecule has 0 saturated carbocycles. The number of aromatic amines is 1. The second-order valence-corrected chi connectivity index (χ2v) is 2.10. The molecular weight excluding hydrogens is 140 g/mol. The van der Waals surface area contributed by atoms with Gasteiger partial charge < -0.3 is 15.7 Å². The smallest absolute Gasteiger partial charge is 0.157 e. The third-order valence-corrected chi connectivity index (χ3v) is 1.25. The van der Waals surface area contributed by atoms with Gasteiger partial charge in [0.25, 0.3) is 0 Å². The molecular formula is C7H10N4. The largest absolute Gasteiger partial charge is 0.345 e. The van der Waals surface area contributed by atoms with E-state index in [4.69, 9.17) is 5.41 Å². The Morgan fingerprint density at radius 3 is 3.18 bits per heavy atom. The molecule has 0 bridgehead atoms. The Morgan fingerprint density at radius 2 is 2.64 bits per heavy atom. The van der Waals surface area contributed by atoms with Crippen molar-refractivity contribution in [1.82, 2.24) is 9.97 Å². The van der Waals surface area contributed by atoms with E-state index in [1.165, 1.54) is 6.20 Å². The van der Waals surface area contributed by atoms with Crippen molar-refractivity contribution in [3.05, 3.63) is 24.8 Å². The summed E-state index contributed by atoms with van der Waals surface area (Å²) in [5.41, 5.74) is 1.15. The quantitative estimate of drug-likeness (QED) is 0.569. The van der Waals surface area contributed by atoms with Gasteiger partial charge in [-0.3, -0.25) is 0 Å². The fourth-order valence-electron chi connectivity index (χ4n) is 0.786. The van der Waals surface area contributed by atoms with Crippen LogP contribution in [0.15, 0.2) is 19.1 Å². The van der Waals surface area contributed by atoms with Crippen LogP contribution in [0.3, 0.4) is 0 Å². The summed E-state index contributed by atoms with van der Waals surface area (Å²) in [7, 11) is 0. The van der Waals surface area contributed by atoms with E-state index in [0.29, 0.717) is 17.2 Å². The van der Waals surface area contributed by atoms with Crippen molar-refractivity contribution in [3.63, 3.8) is 0 Å². The molecule has 0 saturated heterocycles. The standard InChI is InChI=1S/C7H10N4/c1-3-9-7-6(5(2)8)10-4-11-7/h3-4,8-9H,1H2,2H3,(H,10,11). The third kappa shape index (κ3) is 1.46. The summed E-state index contributed by atoms with van der Waals surface area (Å²) in [5.74, 6) is 0.646. The number of imidazole rings is 1. The number of rotatable bonds is 3. The minimum atomic E-state index is 0.451. The maximum absolute atomic E-state index is 7.33. The van der Waals surface area contributed by atoms with Gasteiger partial charge in [-0.1, -0.05) is 6.58 Å². The van der Waals surface area contributed by atoms with Gasteiger partial charge in [-0.05, 0) is 13.1 Å². The molecule has 0 aromatic carbocycles. The highest BCUT2D eigenvalue weighted by Crippen LogP contribution is 2.08. The zero-order chi connectivity index (χ0) is 8.27. The first-order chi connectivity index (χ1) is 5.25. The molecule has 0 aliphatic heterocycles. The number of H-pyrrole nitrogens is 1. The maximum atomic E-state index is 7.33. The molecule has 0 spiro atoms. The Bertz CT molecular complexity index is 274. The maximum Gasteiger partial charge on any atom is 0.157 e. The van der Waals surface area contributed by atoms with Crippen LogP contribution in [0, 0.1) is 5.41 Å². The first-order valence-corrected chi connectivity index (χ1v) is 3.22. The fraction of sp³-hybridized carbons (Fsp3) is 0.143. The Kier molecular flexibility index (Phi) is 2.06. The topological polar surface area (TPSA) is 64.6 Å². The molecule has 4 nitrogen and oxygen atoms in total. The Hall–Kier alpha value is -1.58. The van der Waals surface area contributed by atoms with Gasteiger partial charge >= 0.3 is 0 Å². The molecule has 0 fully saturated rings. The molecule has 4 heteroatoms. The van der Waals surface area contributed by atoms with E-state index in [-0.39, 0.29) is 0 Å². The van der Waals surface area contributed by atoms with Gasteiger partial charge in [-0.25, -0.2) is 4.98 Å². The van der Waals surface area contributed by atoms with Crippen molar-refractivity contribution in [2.24, 2.45) is 0 Å². The predicted molar refractivity (Wildman–Crippen MR) is 44.9 cm³/mol. The summed E-state index contributed by atoms with van der Waals surface area (Å²) in [4.78, 5) is 6.79. The summed E-state index contributed by atoms with van der Waals surface area (Å²) in [6.07, 6.45) is 3.07. The van der Waals surface area contributed by atoms with E-state index >= 15 is 0 Å². The minimum Gasteiger partial charge on any atom is -0.345 e. The van der Waals surface area contributed by atoms with Gasteiger partial charge in [0.05, 0.1) is 12.0 Å². The van der Waals surface area contributed by atoms with Gasteiger partial charge in [0.2, 0.25) is 0 Å². The number of nitrogens with one attached hydrogen (secondary N) is 3. The molecule has 11 heavy (non-hydrogen) atoms. The summed E-state index contributed by atoms with van der Waals surface area (Å²) in [5, 5.41) is 10.1. The number of anilines is 1. The van der Waals surface area contributed by atoms with E-state index < -0.39 is 0 Å². The second-order valence-electron chi connectivity index (χ2n) is 2.10.